The van der Waals surface area contributed by atoms with Crippen LogP contribution in [0, 0.1) is 0 Å². The van der Waals surface area contributed by atoms with Gasteiger partial charge in [-0.2, -0.15) is 5.10 Å². The molecule has 5 aromatic rings. The average Bonchev–Trinajstić information content (AvgIpc) is 3.20. The van der Waals surface area contributed by atoms with E-state index in [2.05, 4.69) is 10.1 Å². The molecule has 8 nitrogen and oxygen atoms in total. The van der Waals surface area contributed by atoms with E-state index in [0.717, 1.165) is 27.7 Å². The van der Waals surface area contributed by atoms with E-state index in [4.69, 9.17) is 5.73 Å². The van der Waals surface area contributed by atoms with E-state index >= 15 is 0 Å². The van der Waals surface area contributed by atoms with Crippen molar-refractivity contribution in [3.05, 3.63) is 112 Å². The molecule has 3 aromatic carbocycles. The van der Waals surface area contributed by atoms with Gasteiger partial charge in [-0.3, -0.25) is 4.79 Å². The van der Waals surface area contributed by atoms with E-state index in [1.54, 1.807) is 18.2 Å². The van der Waals surface area contributed by atoms with Gasteiger partial charge in [-0.1, -0.05) is 49.4 Å². The summed E-state index contributed by atoms with van der Waals surface area (Å²) in [5.74, 6) is -0.563. The maximum atomic E-state index is 12.8. The number of para-hydroxylation sites is 2. The standard InChI is InChI=1S/C28H25N5O3.Li.H/c1-2-24(20-9-6-10-21(16-20)27(35)36)33-26(34)14-13-22(31-33)19-8-5-7-18(15-19)17-32-25-12-4-3-11-23(25)30-28(32)29;;/h3-16,24H,2,17H2,1H3,(H2,29,30)(H,35,36);;. The molecule has 3 N–H and O–H groups in total. The van der Waals surface area contributed by atoms with Gasteiger partial charge in [0.2, 0.25) is 5.95 Å². The number of rotatable bonds is 7. The van der Waals surface area contributed by atoms with E-state index in [9.17, 15) is 14.7 Å². The number of hydrogen-bond acceptors (Lipinski definition) is 5. The van der Waals surface area contributed by atoms with Gasteiger partial charge in [0.15, 0.2) is 0 Å². The molecule has 9 heteroatoms. The summed E-state index contributed by atoms with van der Waals surface area (Å²) in [6.45, 7) is 2.48. The molecule has 0 aliphatic carbocycles. The monoisotopic (exact) mass is 487 g/mol. The molecule has 0 spiro atoms. The molecule has 0 saturated carbocycles. The molecule has 0 saturated heterocycles. The fourth-order valence-electron chi connectivity index (χ4n) is 4.50. The molecule has 1 unspecified atom stereocenters. The Labute approximate surface area is 225 Å². The number of anilines is 1. The van der Waals surface area contributed by atoms with Crippen LogP contribution in [0.1, 0.15) is 40.9 Å². The number of aromatic carboxylic acids is 1. The van der Waals surface area contributed by atoms with Gasteiger partial charge in [-0.25, -0.2) is 14.5 Å². The molecular weight excluding hydrogens is 461 g/mol. The zero-order valence-electron chi connectivity index (χ0n) is 19.7. The number of hydrogen-bond donors (Lipinski definition) is 2. The van der Waals surface area contributed by atoms with Gasteiger partial charge in [0, 0.05) is 11.6 Å². The molecule has 0 radical (unpaired) electrons. The average molecular weight is 487 g/mol. The normalized spacial score (nSPS) is 11.7. The predicted molar refractivity (Wildman–Crippen MR) is 146 cm³/mol. The van der Waals surface area contributed by atoms with Crippen LogP contribution >= 0.6 is 0 Å². The molecule has 182 valence electrons. The first-order chi connectivity index (χ1) is 17.4. The Morgan fingerprint density at radius 2 is 1.78 bits per heavy atom. The van der Waals surface area contributed by atoms with Crippen molar-refractivity contribution in [2.75, 3.05) is 5.73 Å². The van der Waals surface area contributed by atoms with Crippen molar-refractivity contribution in [2.24, 2.45) is 0 Å². The van der Waals surface area contributed by atoms with Crippen LogP contribution in [0.4, 0.5) is 5.95 Å². The third-order valence-corrected chi connectivity index (χ3v) is 6.27. The molecule has 0 fully saturated rings. The molecule has 5 rings (SSSR count). The fourth-order valence-corrected chi connectivity index (χ4v) is 4.50. The van der Waals surface area contributed by atoms with E-state index in [1.165, 1.54) is 16.8 Å². The van der Waals surface area contributed by atoms with Crippen molar-refractivity contribution in [1.29, 1.82) is 0 Å². The van der Waals surface area contributed by atoms with Crippen LogP contribution in [0.2, 0.25) is 0 Å². The number of carboxylic acid groups (broad SMARTS) is 1. The van der Waals surface area contributed by atoms with Crippen molar-refractivity contribution >= 4 is 41.8 Å². The van der Waals surface area contributed by atoms with Crippen LogP contribution in [0.25, 0.3) is 22.3 Å². The van der Waals surface area contributed by atoms with Crippen molar-refractivity contribution in [1.82, 2.24) is 19.3 Å². The van der Waals surface area contributed by atoms with Crippen LogP contribution < -0.4 is 11.3 Å². The summed E-state index contributed by atoms with van der Waals surface area (Å²) in [5.41, 5.74) is 11.2. The Hall–Kier alpha value is -4.12. The Balaban J connectivity index is 0.00000320. The Kier molecular flexibility index (Phi) is 7.63. The van der Waals surface area contributed by atoms with Crippen molar-refractivity contribution < 1.29 is 9.90 Å². The van der Waals surface area contributed by atoms with Gasteiger partial charge in [0.1, 0.15) is 0 Å². The summed E-state index contributed by atoms with van der Waals surface area (Å²) >= 11 is 0. The summed E-state index contributed by atoms with van der Waals surface area (Å²) < 4.78 is 3.40. The first-order valence-electron chi connectivity index (χ1n) is 11.7. The number of carbonyl (C=O) groups is 1. The zero-order chi connectivity index (χ0) is 25.2. The van der Waals surface area contributed by atoms with Gasteiger partial charge in [-0.05, 0) is 53.9 Å². The Morgan fingerprint density at radius 3 is 2.57 bits per heavy atom. The van der Waals surface area contributed by atoms with E-state index in [1.807, 2.05) is 66.1 Å². The first-order valence-corrected chi connectivity index (χ1v) is 11.7. The van der Waals surface area contributed by atoms with Crippen LogP contribution in [0.15, 0.2) is 89.7 Å². The number of nitrogen functional groups attached to an aromatic ring is 1. The topological polar surface area (TPSA) is 116 Å². The van der Waals surface area contributed by atoms with Crippen molar-refractivity contribution in [3.63, 3.8) is 0 Å². The molecule has 0 amide bonds. The van der Waals surface area contributed by atoms with Crippen LogP contribution in [0.5, 0.6) is 0 Å². The molecule has 2 heterocycles. The minimum absolute atomic E-state index is 0. The van der Waals surface area contributed by atoms with Gasteiger partial charge < -0.3 is 15.4 Å². The SMILES string of the molecule is CCC(c1cccc(C(=O)O)c1)n1nc(-c2cccc(Cn3c(N)nc4ccccc43)c2)ccc1=O.[LiH]. The Bertz CT molecular complexity index is 1640. The number of carboxylic acids is 1. The molecule has 1 atom stereocenters. The zero-order valence-corrected chi connectivity index (χ0v) is 19.7. The summed E-state index contributed by atoms with van der Waals surface area (Å²) in [6.07, 6.45) is 0.576. The second kappa shape index (κ2) is 10.9. The summed E-state index contributed by atoms with van der Waals surface area (Å²) in [4.78, 5) is 28.7. The van der Waals surface area contributed by atoms with Crippen molar-refractivity contribution in [2.45, 2.75) is 25.9 Å². The molecule has 0 bridgehead atoms. The number of aromatic nitrogens is 4. The summed E-state index contributed by atoms with van der Waals surface area (Å²) in [6, 6.07) is 25.2. The number of fused-ring (bicyclic) bond motifs is 1. The van der Waals surface area contributed by atoms with E-state index in [-0.39, 0.29) is 30.0 Å². The molecule has 0 aliphatic heterocycles. The number of imidazole rings is 1. The molecule has 2 aromatic heterocycles. The second-order valence-electron chi connectivity index (χ2n) is 8.60. The quantitative estimate of drug-likeness (QED) is 0.336. The van der Waals surface area contributed by atoms with Gasteiger partial charge in [-0.15, -0.1) is 0 Å². The van der Waals surface area contributed by atoms with Crippen LogP contribution in [-0.4, -0.2) is 49.3 Å². The third-order valence-electron chi connectivity index (χ3n) is 6.27. The van der Waals surface area contributed by atoms with E-state index in [0.29, 0.717) is 24.6 Å². The minimum atomic E-state index is -1.01. The Morgan fingerprint density at radius 1 is 1.00 bits per heavy atom. The van der Waals surface area contributed by atoms with Gasteiger partial charge in [0.05, 0.1) is 34.9 Å². The number of nitrogens with zero attached hydrogens (tertiary/aromatic N) is 4. The van der Waals surface area contributed by atoms with E-state index < -0.39 is 12.0 Å². The number of nitrogens with two attached hydrogens (primary N) is 1. The maximum absolute atomic E-state index is 12.8. The van der Waals surface area contributed by atoms with Gasteiger partial charge >= 0.3 is 24.8 Å². The second-order valence-corrected chi connectivity index (χ2v) is 8.60. The number of benzene rings is 3. The molecular formula is C28H26LiN5O3. The fraction of sp³-hybridized carbons (Fsp3) is 0.143. The van der Waals surface area contributed by atoms with Crippen LogP contribution in [-0.2, 0) is 6.54 Å². The van der Waals surface area contributed by atoms with Crippen LogP contribution in [0.3, 0.4) is 0 Å². The third kappa shape index (κ3) is 5.21. The summed E-state index contributed by atoms with van der Waals surface area (Å²) in [7, 11) is 0. The van der Waals surface area contributed by atoms with Gasteiger partial charge in [0.25, 0.3) is 5.56 Å². The predicted octanol–water partition coefficient (Wildman–Crippen LogP) is 3.94. The molecule has 37 heavy (non-hydrogen) atoms. The molecule has 0 aliphatic rings. The summed E-state index contributed by atoms with van der Waals surface area (Å²) in [5, 5.41) is 14.1. The first kappa shape index (κ1) is 26.0. The van der Waals surface area contributed by atoms with Crippen molar-refractivity contribution in [3.8, 4) is 11.3 Å².